The van der Waals surface area contributed by atoms with Gasteiger partial charge in [0.2, 0.25) is 0 Å². The van der Waals surface area contributed by atoms with Crippen LogP contribution in [0.1, 0.15) is 25.8 Å². The van der Waals surface area contributed by atoms with Gasteiger partial charge in [0, 0.05) is 18.8 Å². The molecule has 0 amide bonds. The number of rotatable bonds is 2. The molecule has 1 unspecified atom stereocenters. The summed E-state index contributed by atoms with van der Waals surface area (Å²) in [4.78, 5) is 4.26. The van der Waals surface area contributed by atoms with Crippen LogP contribution in [0.3, 0.4) is 0 Å². The van der Waals surface area contributed by atoms with Crippen LogP contribution in [0.15, 0.2) is 18.3 Å². The lowest BCUT2D eigenvalue weighted by molar-refractivity contribution is 0.788. The number of anilines is 1. The summed E-state index contributed by atoms with van der Waals surface area (Å²) in [5, 5.41) is 6.72. The molecule has 1 aliphatic heterocycles. The van der Waals surface area contributed by atoms with Crippen LogP contribution in [-0.4, -0.2) is 24.1 Å². The Bertz CT molecular complexity index is 280. The van der Waals surface area contributed by atoms with E-state index >= 15 is 0 Å². The van der Waals surface area contributed by atoms with Gasteiger partial charge in [-0.05, 0) is 37.6 Å². The number of nitrogens with zero attached hydrogens (tertiary/aromatic N) is 1. The summed E-state index contributed by atoms with van der Waals surface area (Å²) in [6.45, 7) is 8.25. The minimum atomic E-state index is 0.550. The van der Waals surface area contributed by atoms with Gasteiger partial charge in [-0.1, -0.05) is 13.8 Å². The number of pyridine rings is 1. The molecule has 1 fully saturated rings. The molecule has 0 bridgehead atoms. The molecule has 0 aromatic carbocycles. The fourth-order valence-corrected chi connectivity index (χ4v) is 1.60. The molecular formula is C12H21N3. The van der Waals surface area contributed by atoms with E-state index in [0.717, 1.165) is 18.9 Å². The van der Waals surface area contributed by atoms with Crippen molar-refractivity contribution in [2.24, 2.45) is 0 Å². The van der Waals surface area contributed by atoms with E-state index in [1.54, 1.807) is 0 Å². The van der Waals surface area contributed by atoms with Crippen LogP contribution in [-0.2, 0) is 0 Å². The van der Waals surface area contributed by atoms with Crippen LogP contribution in [0, 0.1) is 6.92 Å². The van der Waals surface area contributed by atoms with Gasteiger partial charge < -0.3 is 10.6 Å². The van der Waals surface area contributed by atoms with Crippen molar-refractivity contribution in [2.45, 2.75) is 33.2 Å². The third kappa shape index (κ3) is 3.88. The molecule has 1 aromatic heterocycles. The normalized spacial score (nSPS) is 19.3. The van der Waals surface area contributed by atoms with Crippen molar-refractivity contribution in [1.29, 1.82) is 0 Å². The van der Waals surface area contributed by atoms with Gasteiger partial charge >= 0.3 is 0 Å². The van der Waals surface area contributed by atoms with E-state index in [9.17, 15) is 0 Å². The zero-order valence-corrected chi connectivity index (χ0v) is 9.88. The van der Waals surface area contributed by atoms with Crippen molar-refractivity contribution in [1.82, 2.24) is 10.3 Å². The first-order chi connectivity index (χ1) is 7.34. The Morgan fingerprint density at radius 3 is 2.87 bits per heavy atom. The highest BCUT2D eigenvalue weighted by Gasteiger charge is 2.13. The fraction of sp³-hybridized carbons (Fsp3) is 0.583. The highest BCUT2D eigenvalue weighted by molar-refractivity contribution is 5.38. The number of aryl methyl sites for hydroxylation is 1. The lowest BCUT2D eigenvalue weighted by Crippen LogP contribution is -2.22. The van der Waals surface area contributed by atoms with Gasteiger partial charge in [-0.3, -0.25) is 0 Å². The van der Waals surface area contributed by atoms with E-state index < -0.39 is 0 Å². The van der Waals surface area contributed by atoms with E-state index in [-0.39, 0.29) is 0 Å². The largest absolute Gasteiger partial charge is 0.366 e. The molecule has 1 saturated heterocycles. The first kappa shape index (κ1) is 12.0. The smallest absolute Gasteiger partial charge is 0.126 e. The SMILES string of the molecule is CC.Cc1ccnc(NC2CCNC2)c1. The highest BCUT2D eigenvalue weighted by atomic mass is 15.1. The van der Waals surface area contributed by atoms with Crippen molar-refractivity contribution in [2.75, 3.05) is 18.4 Å². The van der Waals surface area contributed by atoms with Crippen LogP contribution in [0.4, 0.5) is 5.82 Å². The molecule has 0 radical (unpaired) electrons. The third-order valence-electron chi connectivity index (χ3n) is 2.33. The Balaban J connectivity index is 0.000000531. The van der Waals surface area contributed by atoms with Crippen molar-refractivity contribution in [3.05, 3.63) is 23.9 Å². The second-order valence-corrected chi connectivity index (χ2v) is 3.55. The summed E-state index contributed by atoms with van der Waals surface area (Å²) in [7, 11) is 0. The predicted octanol–water partition coefficient (Wildman–Crippen LogP) is 2.19. The molecule has 2 N–H and O–H groups in total. The first-order valence-corrected chi connectivity index (χ1v) is 5.74. The molecule has 0 saturated carbocycles. The maximum Gasteiger partial charge on any atom is 0.126 e. The zero-order valence-electron chi connectivity index (χ0n) is 9.88. The maximum absolute atomic E-state index is 4.26. The van der Waals surface area contributed by atoms with E-state index in [1.165, 1.54) is 12.0 Å². The van der Waals surface area contributed by atoms with Gasteiger partial charge in [0.15, 0.2) is 0 Å². The Morgan fingerprint density at radius 2 is 2.27 bits per heavy atom. The molecule has 2 heterocycles. The van der Waals surface area contributed by atoms with Crippen molar-refractivity contribution < 1.29 is 0 Å². The van der Waals surface area contributed by atoms with E-state index in [4.69, 9.17) is 0 Å². The summed E-state index contributed by atoms with van der Waals surface area (Å²) in [5.74, 6) is 0.994. The Labute approximate surface area is 92.3 Å². The molecule has 15 heavy (non-hydrogen) atoms. The third-order valence-corrected chi connectivity index (χ3v) is 2.33. The van der Waals surface area contributed by atoms with Gasteiger partial charge in [-0.2, -0.15) is 0 Å². The topological polar surface area (TPSA) is 37.0 Å². The average molecular weight is 207 g/mol. The second-order valence-electron chi connectivity index (χ2n) is 3.55. The number of hydrogen-bond acceptors (Lipinski definition) is 3. The van der Waals surface area contributed by atoms with Crippen LogP contribution in [0.5, 0.6) is 0 Å². The van der Waals surface area contributed by atoms with Crippen molar-refractivity contribution in [3.8, 4) is 0 Å². The van der Waals surface area contributed by atoms with E-state index in [1.807, 2.05) is 26.1 Å². The molecular weight excluding hydrogens is 186 g/mol. The molecule has 0 aliphatic carbocycles. The van der Waals surface area contributed by atoms with E-state index in [2.05, 4.69) is 28.6 Å². The van der Waals surface area contributed by atoms with Crippen LogP contribution >= 0.6 is 0 Å². The standard InChI is InChI=1S/C10H15N3.C2H6/c1-8-2-5-12-10(6-8)13-9-3-4-11-7-9;1-2/h2,5-6,9,11H,3-4,7H2,1H3,(H,12,13);1-2H3. The Kier molecular flexibility index (Phi) is 5.12. The van der Waals surface area contributed by atoms with Gasteiger partial charge in [0.25, 0.3) is 0 Å². The van der Waals surface area contributed by atoms with Gasteiger partial charge in [0.05, 0.1) is 0 Å². The molecule has 1 atom stereocenters. The summed E-state index contributed by atoms with van der Waals surface area (Å²) >= 11 is 0. The molecule has 1 aliphatic rings. The summed E-state index contributed by atoms with van der Waals surface area (Å²) in [5.41, 5.74) is 1.25. The first-order valence-electron chi connectivity index (χ1n) is 5.74. The Hall–Kier alpha value is -1.09. The number of nitrogens with one attached hydrogen (secondary N) is 2. The molecule has 3 nitrogen and oxygen atoms in total. The zero-order chi connectivity index (χ0) is 11.1. The van der Waals surface area contributed by atoms with Gasteiger partial charge in [-0.25, -0.2) is 4.98 Å². The minimum Gasteiger partial charge on any atom is -0.366 e. The molecule has 84 valence electrons. The van der Waals surface area contributed by atoms with Crippen LogP contribution in [0.25, 0.3) is 0 Å². The molecule has 3 heteroatoms. The highest BCUT2D eigenvalue weighted by Crippen LogP contribution is 2.09. The average Bonchev–Trinajstić information content (AvgIpc) is 2.74. The molecule has 2 rings (SSSR count). The maximum atomic E-state index is 4.26. The Morgan fingerprint density at radius 1 is 1.47 bits per heavy atom. The minimum absolute atomic E-state index is 0.550. The molecule has 0 spiro atoms. The summed E-state index contributed by atoms with van der Waals surface area (Å²) in [6, 6.07) is 4.64. The second kappa shape index (κ2) is 6.40. The monoisotopic (exact) mass is 207 g/mol. The van der Waals surface area contributed by atoms with Crippen LogP contribution < -0.4 is 10.6 Å². The van der Waals surface area contributed by atoms with Crippen molar-refractivity contribution in [3.63, 3.8) is 0 Å². The number of aromatic nitrogens is 1. The lowest BCUT2D eigenvalue weighted by Gasteiger charge is -2.11. The number of hydrogen-bond donors (Lipinski definition) is 2. The van der Waals surface area contributed by atoms with Crippen LogP contribution in [0.2, 0.25) is 0 Å². The van der Waals surface area contributed by atoms with Gasteiger partial charge in [0.1, 0.15) is 5.82 Å². The quantitative estimate of drug-likeness (QED) is 0.780. The molecule has 1 aromatic rings. The predicted molar refractivity (Wildman–Crippen MR) is 65.2 cm³/mol. The fourth-order valence-electron chi connectivity index (χ4n) is 1.60. The van der Waals surface area contributed by atoms with E-state index in [0.29, 0.717) is 6.04 Å². The lowest BCUT2D eigenvalue weighted by atomic mass is 10.2. The van der Waals surface area contributed by atoms with Crippen molar-refractivity contribution >= 4 is 5.82 Å². The summed E-state index contributed by atoms with van der Waals surface area (Å²) < 4.78 is 0. The summed E-state index contributed by atoms with van der Waals surface area (Å²) in [6.07, 6.45) is 3.04. The van der Waals surface area contributed by atoms with Gasteiger partial charge in [-0.15, -0.1) is 0 Å².